The van der Waals surface area contributed by atoms with E-state index < -0.39 is 24.1 Å². The summed E-state index contributed by atoms with van der Waals surface area (Å²) in [6.45, 7) is 16.1. The number of ether oxygens (including phenoxy) is 11. The predicted molar refractivity (Wildman–Crippen MR) is 296 cm³/mol. The van der Waals surface area contributed by atoms with E-state index in [1.165, 1.54) is 0 Å². The van der Waals surface area contributed by atoms with Gasteiger partial charge in [0.2, 0.25) is 11.6 Å². The number of ketones is 1. The van der Waals surface area contributed by atoms with Crippen LogP contribution in [0.25, 0.3) is 23.0 Å². The average molecular weight is 1120 g/mol. The quantitative estimate of drug-likeness (QED) is 0.115. The van der Waals surface area contributed by atoms with E-state index in [0.717, 1.165) is 60.8 Å². The molecule has 3 aromatic rings. The largest absolute Gasteiger partial charge is 0.392 e. The van der Waals surface area contributed by atoms with E-state index in [-0.39, 0.29) is 104 Å². The van der Waals surface area contributed by atoms with E-state index in [4.69, 9.17) is 52.1 Å². The van der Waals surface area contributed by atoms with Crippen molar-refractivity contribution in [2.24, 2.45) is 11.8 Å². The van der Waals surface area contributed by atoms with E-state index in [9.17, 15) is 9.90 Å². The average Bonchev–Trinajstić information content (AvgIpc) is 4.29. The Hall–Kier alpha value is -4.13. The van der Waals surface area contributed by atoms with Gasteiger partial charge in [0.25, 0.3) is 0 Å². The molecule has 8 saturated heterocycles. The Morgan fingerprint density at radius 3 is 2.21 bits per heavy atom. The highest BCUT2D eigenvalue weighted by molar-refractivity contribution is 5.79. The van der Waals surface area contributed by atoms with Gasteiger partial charge in [0.1, 0.15) is 29.4 Å². The molecule has 0 radical (unpaired) electrons. The number of Topliss-reactive ketones (excluding diaryl/α,β-unsaturated/α-hetero) is 1. The Morgan fingerprint density at radius 2 is 1.47 bits per heavy atom. The van der Waals surface area contributed by atoms with Crippen molar-refractivity contribution in [3.63, 3.8) is 0 Å². The van der Waals surface area contributed by atoms with Gasteiger partial charge >= 0.3 is 0 Å². The van der Waals surface area contributed by atoms with E-state index in [2.05, 4.69) is 55.3 Å². The zero-order valence-electron chi connectivity index (χ0n) is 48.0. The topological polar surface area (TPSA) is 219 Å². The van der Waals surface area contributed by atoms with Gasteiger partial charge in [0.15, 0.2) is 5.79 Å². The van der Waals surface area contributed by atoms with Gasteiger partial charge in [-0.2, -0.15) is 0 Å². The fraction of sp³-hybridized carbons (Fsp3) is 0.721. The Kier molecular flexibility index (Phi) is 19.1. The fourth-order valence-electron chi connectivity index (χ4n) is 13.9. The van der Waals surface area contributed by atoms with Crippen LogP contribution in [-0.2, 0) is 63.3 Å². The molecule has 11 heterocycles. The number of hydrogen-bond acceptors (Lipinski definition) is 20. The van der Waals surface area contributed by atoms with Crippen LogP contribution in [0.2, 0.25) is 0 Å². The SMILES string of the molecule is C=C1C[C@@H]2CC[C@]34C[C@@H](OC)[C@H](O3)[C@H]3C[C@@H](O4)[C@H]4O[C@H](CC[C@@H]4O3)CC(=O)C[C@@H]3[C@@H](OC)[C@@H](C[C@H](O)CN(C)CCOCCOCCc4ccc(-c5nnc(-c6ccc(C)cn6)nn5)nc4)O[C@H]3C[C@H]3O[C@@H](CC[C@@H]1O2)C[C@@H](C)C3=C. The summed E-state index contributed by atoms with van der Waals surface area (Å²) in [7, 11) is 5.40. The normalized spacial score (nSPS) is 36.6. The number of aliphatic hydroxyl groups excluding tert-OH is 1. The molecule has 1 spiro atoms. The summed E-state index contributed by atoms with van der Waals surface area (Å²) < 4.78 is 72.4. The Morgan fingerprint density at radius 1 is 0.728 bits per heavy atom. The maximum atomic E-state index is 14.5. The highest BCUT2D eigenvalue weighted by atomic mass is 16.7. The van der Waals surface area contributed by atoms with Crippen molar-refractivity contribution in [3.05, 3.63) is 72.1 Å². The molecule has 10 bridgehead atoms. The molecule has 1 N–H and O–H groups in total. The molecule has 3 aromatic heterocycles. The first-order valence-corrected chi connectivity index (χ1v) is 29.8. The summed E-state index contributed by atoms with van der Waals surface area (Å²) in [4.78, 5) is 25.4. The number of aromatic nitrogens is 6. The van der Waals surface area contributed by atoms with Crippen molar-refractivity contribution >= 4 is 5.78 Å². The molecule has 81 heavy (non-hydrogen) atoms. The molecule has 0 unspecified atom stereocenters. The third kappa shape index (κ3) is 14.0. The van der Waals surface area contributed by atoms with Gasteiger partial charge in [0.05, 0.1) is 106 Å². The lowest BCUT2D eigenvalue weighted by atomic mass is 9.81. The third-order valence-electron chi connectivity index (χ3n) is 18.3. The summed E-state index contributed by atoms with van der Waals surface area (Å²) in [6.07, 6.45) is 9.25. The number of fused-ring (bicyclic) bond motifs is 9. The van der Waals surface area contributed by atoms with Crippen LogP contribution >= 0.6 is 0 Å². The number of carbonyl (C=O) groups is 1. The van der Waals surface area contributed by atoms with Crippen LogP contribution in [0.1, 0.15) is 108 Å². The minimum atomic E-state index is -0.850. The van der Waals surface area contributed by atoms with Crippen LogP contribution < -0.4 is 0 Å². The van der Waals surface area contributed by atoms with Gasteiger partial charge in [-0.05, 0) is 106 Å². The third-order valence-corrected chi connectivity index (χ3v) is 18.3. The van der Waals surface area contributed by atoms with E-state index in [1.807, 2.05) is 38.2 Å². The number of methoxy groups -OCH3 is 2. The molecule has 0 saturated carbocycles. The van der Waals surface area contributed by atoms with Crippen molar-refractivity contribution in [2.45, 2.75) is 208 Å². The van der Waals surface area contributed by atoms with Gasteiger partial charge in [-0.1, -0.05) is 32.2 Å². The summed E-state index contributed by atoms with van der Waals surface area (Å²) in [5, 5.41) is 28.4. The molecule has 8 aliphatic heterocycles. The summed E-state index contributed by atoms with van der Waals surface area (Å²) in [5.74, 6) is -0.0887. The molecule has 20 heteroatoms. The van der Waals surface area contributed by atoms with Crippen LogP contribution in [0.4, 0.5) is 0 Å². The van der Waals surface area contributed by atoms with Crippen LogP contribution in [0.3, 0.4) is 0 Å². The number of aryl methyl sites for hydroxylation is 1. The van der Waals surface area contributed by atoms with Crippen molar-refractivity contribution in [3.8, 4) is 23.0 Å². The number of aliphatic hydroxyl groups is 1. The number of nitrogens with zero attached hydrogens (tertiary/aromatic N) is 7. The first kappa shape index (κ1) is 58.6. The first-order chi connectivity index (χ1) is 39.3. The second kappa shape index (κ2) is 26.4. The van der Waals surface area contributed by atoms with Gasteiger partial charge in [-0.3, -0.25) is 14.8 Å². The molecular weight excluding hydrogens is 1040 g/mol. The molecular formula is C61H85N7O13. The lowest BCUT2D eigenvalue weighted by Crippen LogP contribution is -2.58. The Labute approximate surface area is 476 Å². The second-order valence-corrected chi connectivity index (χ2v) is 24.3. The zero-order valence-corrected chi connectivity index (χ0v) is 48.0. The molecule has 8 fully saturated rings. The zero-order chi connectivity index (χ0) is 56.2. The van der Waals surface area contributed by atoms with Crippen molar-refractivity contribution < 1.29 is 62.0 Å². The fourth-order valence-corrected chi connectivity index (χ4v) is 13.9. The van der Waals surface area contributed by atoms with Crippen LogP contribution in [0.15, 0.2) is 61.0 Å². The number of carbonyl (C=O) groups excluding carboxylic acids is 1. The summed E-state index contributed by atoms with van der Waals surface area (Å²) in [6, 6.07) is 7.60. The van der Waals surface area contributed by atoms with Crippen LogP contribution in [0.5, 0.6) is 0 Å². The summed E-state index contributed by atoms with van der Waals surface area (Å²) in [5.41, 5.74) is 5.42. The van der Waals surface area contributed by atoms with Crippen LogP contribution in [0, 0.1) is 18.8 Å². The van der Waals surface area contributed by atoms with Gasteiger partial charge in [-0.15, -0.1) is 20.4 Å². The highest BCUT2D eigenvalue weighted by Gasteiger charge is 2.60. The molecule has 8 aliphatic rings. The number of pyridine rings is 2. The maximum absolute atomic E-state index is 14.5. The first-order valence-electron chi connectivity index (χ1n) is 29.8. The molecule has 20 nitrogen and oxygen atoms in total. The van der Waals surface area contributed by atoms with Crippen molar-refractivity contribution in [2.75, 3.05) is 60.8 Å². The van der Waals surface area contributed by atoms with Gasteiger partial charge < -0.3 is 62.1 Å². The van der Waals surface area contributed by atoms with Gasteiger partial charge in [0, 0.05) is 90.6 Å². The minimum absolute atomic E-state index is 0.00260. The molecule has 0 aromatic carbocycles. The Balaban J connectivity index is 0.670. The maximum Gasteiger partial charge on any atom is 0.221 e. The lowest BCUT2D eigenvalue weighted by Gasteiger charge is -2.47. The van der Waals surface area contributed by atoms with Crippen LogP contribution in [-0.4, -0.2) is 204 Å². The molecule has 18 atom stereocenters. The van der Waals surface area contributed by atoms with Gasteiger partial charge in [-0.25, -0.2) is 0 Å². The molecule has 11 rings (SSSR count). The van der Waals surface area contributed by atoms with E-state index >= 15 is 0 Å². The highest BCUT2D eigenvalue weighted by Crippen LogP contribution is 2.50. The number of hydrogen-bond donors (Lipinski definition) is 1. The second-order valence-electron chi connectivity index (χ2n) is 24.3. The standard InChI is InChI=1S/C61H85N7O13/c1-35-8-12-46(62-32-35)59-64-66-60(67-65-59)47-13-9-39(33-63-47)17-20-73-22-23-74-21-19-68(5)34-41(70)28-52-56(72-7)45-27-40(69)26-43-11-15-49-57(77-43)54-30-53(78-49)58-55(71-6)31-61(80-54,81-58)18-16-44-25-37(3)48(75-44)14-10-42-24-36(2)38(4)50(76-42)29-51(45)79-52/h8-9,12-13,32-33,36,41-45,48-58,70H,3-4,10-11,14-31,34H2,1-2,5-7H3/t36-,41+,42+,43-,44+,45+,48+,49+,50-,51+,52-,53-,54-,55-,56-,57+,58-,61-/m1/s1. The molecule has 0 amide bonds. The smallest absolute Gasteiger partial charge is 0.221 e. The lowest BCUT2D eigenvalue weighted by molar-refractivity contribution is -0.277. The van der Waals surface area contributed by atoms with Crippen molar-refractivity contribution in [1.82, 2.24) is 35.3 Å². The Bertz CT molecular complexity index is 2580. The number of rotatable bonds is 17. The predicted octanol–water partition coefficient (Wildman–Crippen LogP) is 6.34. The van der Waals surface area contributed by atoms with E-state index in [1.54, 1.807) is 26.6 Å². The molecule has 442 valence electrons. The monoisotopic (exact) mass is 1120 g/mol. The summed E-state index contributed by atoms with van der Waals surface area (Å²) >= 11 is 0. The van der Waals surface area contributed by atoms with E-state index in [0.29, 0.717) is 107 Å². The minimum Gasteiger partial charge on any atom is -0.392 e. The van der Waals surface area contributed by atoms with Crippen molar-refractivity contribution in [1.29, 1.82) is 0 Å². The molecule has 0 aliphatic carbocycles. The number of likely N-dealkylation sites (N-methyl/N-ethyl adjacent to an activating group) is 1.